The van der Waals surface area contributed by atoms with E-state index in [4.69, 9.17) is 4.74 Å². The highest BCUT2D eigenvalue weighted by Gasteiger charge is 2.48. The van der Waals surface area contributed by atoms with Crippen molar-refractivity contribution in [2.24, 2.45) is 0 Å². The summed E-state index contributed by atoms with van der Waals surface area (Å²) in [5.74, 6) is -1.97. The van der Waals surface area contributed by atoms with Crippen LogP contribution in [0.25, 0.3) is 10.9 Å². The predicted molar refractivity (Wildman–Crippen MR) is 82.8 cm³/mol. The maximum absolute atomic E-state index is 12.4. The molecule has 0 spiro atoms. The molecule has 7 nitrogen and oxygen atoms in total. The molecule has 8 heteroatoms. The normalized spacial score (nSPS) is 21.6. The Morgan fingerprint density at radius 2 is 2.00 bits per heavy atom. The molecule has 23 heavy (non-hydrogen) atoms. The van der Waals surface area contributed by atoms with E-state index in [1.807, 2.05) is 29.0 Å². The Bertz CT molecular complexity index is 951. The quantitative estimate of drug-likeness (QED) is 0.877. The van der Waals surface area contributed by atoms with Crippen molar-refractivity contribution < 1.29 is 23.1 Å². The van der Waals surface area contributed by atoms with Gasteiger partial charge in [0.2, 0.25) is 27.3 Å². The molecule has 1 unspecified atom stereocenters. The summed E-state index contributed by atoms with van der Waals surface area (Å²) in [5.41, 5.74) is -0.385. The van der Waals surface area contributed by atoms with E-state index in [1.54, 1.807) is 6.07 Å². The van der Waals surface area contributed by atoms with E-state index in [0.29, 0.717) is 5.56 Å². The lowest BCUT2D eigenvalue weighted by atomic mass is 9.92. The molecule has 1 aliphatic rings. The Morgan fingerprint density at radius 1 is 1.30 bits per heavy atom. The molecule has 2 heterocycles. The van der Waals surface area contributed by atoms with Crippen molar-refractivity contribution in [2.45, 2.75) is 12.5 Å². The van der Waals surface area contributed by atoms with Crippen LogP contribution in [0, 0.1) is 0 Å². The van der Waals surface area contributed by atoms with Crippen molar-refractivity contribution in [1.29, 1.82) is 0 Å². The van der Waals surface area contributed by atoms with Crippen molar-refractivity contribution in [1.82, 2.24) is 9.71 Å². The molecule has 1 aliphatic heterocycles. The number of aliphatic hydroxyl groups is 1. The van der Waals surface area contributed by atoms with Gasteiger partial charge in [0.05, 0.1) is 11.8 Å². The van der Waals surface area contributed by atoms with E-state index in [1.165, 1.54) is 13.1 Å². The van der Waals surface area contributed by atoms with Gasteiger partial charge in [-0.1, -0.05) is 18.2 Å². The van der Waals surface area contributed by atoms with E-state index < -0.39 is 33.0 Å². The lowest BCUT2D eigenvalue weighted by Crippen LogP contribution is -2.32. The van der Waals surface area contributed by atoms with Gasteiger partial charge in [0.1, 0.15) is 0 Å². The van der Waals surface area contributed by atoms with Crippen LogP contribution in [0.1, 0.15) is 12.5 Å². The smallest absolute Gasteiger partial charge is 0.250 e. The summed E-state index contributed by atoms with van der Waals surface area (Å²) in [6.45, 7) is 1.45. The molecule has 0 fully saturated rings. The first kappa shape index (κ1) is 15.3. The van der Waals surface area contributed by atoms with Crippen LogP contribution in [-0.4, -0.2) is 30.5 Å². The van der Waals surface area contributed by atoms with Gasteiger partial charge < -0.3 is 9.84 Å². The highest BCUT2D eigenvalue weighted by atomic mass is 32.2. The van der Waals surface area contributed by atoms with Gasteiger partial charge in [-0.15, -0.1) is 0 Å². The summed E-state index contributed by atoms with van der Waals surface area (Å²) in [6.07, 6.45) is 2.37. The Balaban J connectivity index is 2.03. The molecule has 0 bridgehead atoms. The number of carbonyl (C=O) groups is 1. The minimum Gasteiger partial charge on any atom is -0.501 e. The fourth-order valence-electron chi connectivity index (χ4n) is 2.39. The molecular weight excluding hydrogens is 320 g/mol. The number of benzene rings is 1. The molecule has 2 aromatic rings. The molecule has 1 aromatic carbocycles. The SMILES string of the molecule is CC1(c2cnc3ccccc3c2)OC(NS(C)(=O)=O)=C(O)C1=O. The van der Waals surface area contributed by atoms with Crippen molar-refractivity contribution in [2.75, 3.05) is 6.26 Å². The van der Waals surface area contributed by atoms with Crippen molar-refractivity contribution in [3.05, 3.63) is 53.7 Å². The lowest BCUT2D eigenvalue weighted by molar-refractivity contribution is -0.131. The third-order valence-corrected chi connectivity index (χ3v) is 4.15. The van der Waals surface area contributed by atoms with Crippen molar-refractivity contribution in [3.63, 3.8) is 0 Å². The van der Waals surface area contributed by atoms with Crippen LogP contribution in [0.15, 0.2) is 48.2 Å². The highest BCUT2D eigenvalue weighted by molar-refractivity contribution is 7.88. The maximum atomic E-state index is 12.4. The molecule has 3 rings (SSSR count). The Hall–Kier alpha value is -2.61. The Kier molecular flexibility index (Phi) is 3.29. The van der Waals surface area contributed by atoms with Gasteiger partial charge in [0, 0.05) is 17.1 Å². The average molecular weight is 334 g/mol. The number of nitrogens with zero attached hydrogens (tertiary/aromatic N) is 1. The van der Waals surface area contributed by atoms with Gasteiger partial charge in [0.15, 0.2) is 0 Å². The van der Waals surface area contributed by atoms with Crippen LogP contribution in [0.5, 0.6) is 0 Å². The number of ether oxygens (including phenoxy) is 1. The number of Topliss-reactive ketones (excluding diaryl/α,β-unsaturated/α-hetero) is 1. The number of pyridine rings is 1. The Morgan fingerprint density at radius 3 is 2.70 bits per heavy atom. The first-order chi connectivity index (χ1) is 10.7. The number of nitrogens with one attached hydrogen (secondary N) is 1. The first-order valence-electron chi connectivity index (χ1n) is 6.71. The summed E-state index contributed by atoms with van der Waals surface area (Å²) in [7, 11) is -3.69. The van der Waals surface area contributed by atoms with Gasteiger partial charge in [-0.3, -0.25) is 14.5 Å². The monoisotopic (exact) mass is 334 g/mol. The van der Waals surface area contributed by atoms with Gasteiger partial charge in [-0.25, -0.2) is 8.42 Å². The van der Waals surface area contributed by atoms with E-state index in [-0.39, 0.29) is 0 Å². The number of aromatic nitrogens is 1. The lowest BCUT2D eigenvalue weighted by Gasteiger charge is -2.23. The molecule has 0 saturated heterocycles. The first-order valence-corrected chi connectivity index (χ1v) is 8.60. The summed E-state index contributed by atoms with van der Waals surface area (Å²) in [6, 6.07) is 9.05. The highest BCUT2D eigenvalue weighted by Crippen LogP contribution is 2.37. The number of sulfonamides is 1. The minimum absolute atomic E-state index is 0.415. The summed E-state index contributed by atoms with van der Waals surface area (Å²) < 4.78 is 30.0. The van der Waals surface area contributed by atoms with Gasteiger partial charge in [-0.05, 0) is 19.1 Å². The minimum atomic E-state index is -3.69. The van der Waals surface area contributed by atoms with Gasteiger partial charge in [0.25, 0.3) is 5.78 Å². The van der Waals surface area contributed by atoms with Crippen LogP contribution in [0.2, 0.25) is 0 Å². The molecule has 0 radical (unpaired) electrons. The summed E-state index contributed by atoms with van der Waals surface area (Å²) in [5, 5.41) is 10.7. The second-order valence-electron chi connectivity index (χ2n) is 5.43. The van der Waals surface area contributed by atoms with Crippen molar-refractivity contribution in [3.8, 4) is 0 Å². The fraction of sp³-hybridized carbons (Fsp3) is 0.200. The third kappa shape index (κ3) is 2.61. The van der Waals surface area contributed by atoms with E-state index in [9.17, 15) is 18.3 Å². The molecule has 1 aromatic heterocycles. The topological polar surface area (TPSA) is 106 Å². The van der Waals surface area contributed by atoms with E-state index >= 15 is 0 Å². The second kappa shape index (κ2) is 4.95. The molecule has 1 atom stereocenters. The van der Waals surface area contributed by atoms with E-state index in [0.717, 1.165) is 17.2 Å². The standard InChI is InChI=1S/C15H14N2O5S/c1-15(10-7-9-5-3-4-6-11(9)16-8-10)13(19)12(18)14(22-15)17-23(2,20)21/h3-8,17-18H,1-2H3. The second-order valence-corrected chi connectivity index (χ2v) is 7.18. The number of ketones is 1. The molecular formula is C15H14N2O5S. The van der Waals surface area contributed by atoms with Gasteiger partial charge >= 0.3 is 0 Å². The van der Waals surface area contributed by atoms with E-state index in [2.05, 4.69) is 4.98 Å². The van der Waals surface area contributed by atoms with Crippen LogP contribution in [-0.2, 0) is 25.2 Å². The summed E-state index contributed by atoms with van der Waals surface area (Å²) in [4.78, 5) is 16.6. The molecule has 2 N–H and O–H groups in total. The third-order valence-electron chi connectivity index (χ3n) is 3.59. The number of hydrogen-bond acceptors (Lipinski definition) is 6. The number of hydrogen-bond donors (Lipinski definition) is 2. The number of carbonyl (C=O) groups excluding carboxylic acids is 1. The summed E-state index contributed by atoms with van der Waals surface area (Å²) >= 11 is 0. The van der Waals surface area contributed by atoms with Gasteiger partial charge in [-0.2, -0.15) is 0 Å². The maximum Gasteiger partial charge on any atom is 0.250 e. The zero-order chi connectivity index (χ0) is 16.8. The van der Waals surface area contributed by atoms with Crippen LogP contribution in [0.4, 0.5) is 0 Å². The molecule has 0 amide bonds. The molecule has 0 saturated carbocycles. The predicted octanol–water partition coefficient (Wildman–Crippen LogP) is 1.33. The largest absolute Gasteiger partial charge is 0.501 e. The number of fused-ring (bicyclic) bond motifs is 1. The van der Waals surface area contributed by atoms with Crippen molar-refractivity contribution >= 4 is 26.7 Å². The van der Waals surface area contributed by atoms with Crippen LogP contribution >= 0.6 is 0 Å². The van der Waals surface area contributed by atoms with Crippen LogP contribution in [0.3, 0.4) is 0 Å². The Labute approximate surface area is 132 Å². The number of rotatable bonds is 3. The zero-order valence-corrected chi connectivity index (χ0v) is 13.2. The zero-order valence-electron chi connectivity index (χ0n) is 12.4. The average Bonchev–Trinajstić information content (AvgIpc) is 2.70. The number of aliphatic hydroxyl groups excluding tert-OH is 1. The fourth-order valence-corrected chi connectivity index (χ4v) is 2.86. The number of para-hydroxylation sites is 1. The molecule has 120 valence electrons. The van der Waals surface area contributed by atoms with Crippen LogP contribution < -0.4 is 4.72 Å². The molecule has 0 aliphatic carbocycles.